The number of Topliss-reactive ketones (excluding diaryl/α,β-unsaturated/α-hetero) is 1. The number of nitrogens with one attached hydrogen (secondary N) is 1. The molecule has 3 rings (SSSR count). The molecule has 24 heavy (non-hydrogen) atoms. The van der Waals surface area contributed by atoms with Crippen LogP contribution in [0.2, 0.25) is 0 Å². The van der Waals surface area contributed by atoms with Gasteiger partial charge in [-0.05, 0) is 30.5 Å². The van der Waals surface area contributed by atoms with Crippen LogP contribution >= 0.6 is 23.1 Å². The summed E-state index contributed by atoms with van der Waals surface area (Å²) in [7, 11) is 0. The molecule has 122 valence electrons. The zero-order chi connectivity index (χ0) is 16.9. The second-order valence-electron chi connectivity index (χ2n) is 4.82. The number of ketones is 1. The summed E-state index contributed by atoms with van der Waals surface area (Å²) in [6, 6.07) is 10.6. The number of carbonyl (C=O) groups is 2. The van der Waals surface area contributed by atoms with Crippen molar-refractivity contribution < 1.29 is 14.0 Å². The Balaban J connectivity index is 1.56. The maximum absolute atomic E-state index is 12.0. The van der Waals surface area contributed by atoms with Gasteiger partial charge < -0.3 is 9.73 Å². The van der Waals surface area contributed by atoms with E-state index in [1.165, 1.54) is 18.3 Å². The Morgan fingerprint density at radius 1 is 1.25 bits per heavy atom. The van der Waals surface area contributed by atoms with Crippen LogP contribution in [0.3, 0.4) is 0 Å². The van der Waals surface area contributed by atoms with Crippen LogP contribution in [0.5, 0.6) is 0 Å². The quantitative estimate of drug-likeness (QED) is 0.533. The average Bonchev–Trinajstić information content (AvgIpc) is 3.24. The SMILES string of the molecule is CC(=O)c1cccc(NC(=O)CSc2nnc(-c3cccs3)o2)c1. The Kier molecular flexibility index (Phi) is 5.07. The first-order chi connectivity index (χ1) is 11.6. The van der Waals surface area contributed by atoms with Crippen LogP contribution in [0.25, 0.3) is 10.8 Å². The number of benzene rings is 1. The fraction of sp³-hybridized carbons (Fsp3) is 0.125. The fourth-order valence-corrected chi connectivity index (χ4v) is 3.12. The largest absolute Gasteiger partial charge is 0.410 e. The molecule has 0 radical (unpaired) electrons. The highest BCUT2D eigenvalue weighted by Crippen LogP contribution is 2.26. The third kappa shape index (κ3) is 4.09. The Bertz CT molecular complexity index is 859. The molecule has 0 fully saturated rings. The van der Waals surface area contributed by atoms with Gasteiger partial charge in [-0.25, -0.2) is 0 Å². The molecule has 2 aromatic heterocycles. The van der Waals surface area contributed by atoms with E-state index < -0.39 is 0 Å². The van der Waals surface area contributed by atoms with Gasteiger partial charge in [0, 0.05) is 11.3 Å². The Hall–Kier alpha value is -2.45. The molecular formula is C16H13N3O3S2. The van der Waals surface area contributed by atoms with Gasteiger partial charge in [-0.1, -0.05) is 30.0 Å². The summed E-state index contributed by atoms with van der Waals surface area (Å²) in [6.07, 6.45) is 0. The lowest BCUT2D eigenvalue weighted by atomic mass is 10.1. The van der Waals surface area contributed by atoms with Crippen LogP contribution in [0, 0.1) is 0 Å². The minimum atomic E-state index is -0.212. The van der Waals surface area contributed by atoms with Crippen molar-refractivity contribution in [3.63, 3.8) is 0 Å². The predicted octanol–water partition coefficient (Wildman–Crippen LogP) is 3.73. The van der Waals surface area contributed by atoms with Gasteiger partial charge in [0.15, 0.2) is 5.78 Å². The monoisotopic (exact) mass is 359 g/mol. The maximum atomic E-state index is 12.0. The normalized spacial score (nSPS) is 10.5. The van der Waals surface area contributed by atoms with E-state index in [1.807, 2.05) is 17.5 Å². The number of thiophene rings is 1. The van der Waals surface area contributed by atoms with Gasteiger partial charge in [0.2, 0.25) is 5.91 Å². The van der Waals surface area contributed by atoms with Crippen LogP contribution in [0.15, 0.2) is 51.4 Å². The standard InChI is InChI=1S/C16H13N3O3S2/c1-10(20)11-4-2-5-12(8-11)17-14(21)9-24-16-19-18-15(22-16)13-6-3-7-23-13/h2-8H,9H2,1H3,(H,17,21). The lowest BCUT2D eigenvalue weighted by Crippen LogP contribution is -2.14. The van der Waals surface area contributed by atoms with E-state index in [9.17, 15) is 9.59 Å². The highest BCUT2D eigenvalue weighted by molar-refractivity contribution is 7.99. The van der Waals surface area contributed by atoms with Crippen molar-refractivity contribution in [3.8, 4) is 10.8 Å². The number of carbonyl (C=O) groups excluding carboxylic acids is 2. The second kappa shape index (κ2) is 7.41. The Morgan fingerprint density at radius 2 is 2.12 bits per heavy atom. The van der Waals surface area contributed by atoms with E-state index in [4.69, 9.17) is 4.42 Å². The van der Waals surface area contributed by atoms with Crippen LogP contribution in [0.1, 0.15) is 17.3 Å². The van der Waals surface area contributed by atoms with Gasteiger partial charge in [0.25, 0.3) is 11.1 Å². The van der Waals surface area contributed by atoms with Crippen LogP contribution in [-0.4, -0.2) is 27.6 Å². The number of anilines is 1. The molecule has 0 bridgehead atoms. The van der Waals surface area contributed by atoms with Gasteiger partial charge in [0.1, 0.15) is 0 Å². The van der Waals surface area contributed by atoms with E-state index >= 15 is 0 Å². The van der Waals surface area contributed by atoms with E-state index in [0.29, 0.717) is 22.4 Å². The molecule has 0 aliphatic rings. The maximum Gasteiger partial charge on any atom is 0.277 e. The number of rotatable bonds is 6. The van der Waals surface area contributed by atoms with Crippen molar-refractivity contribution in [2.24, 2.45) is 0 Å². The molecule has 0 aliphatic heterocycles. The molecule has 1 aromatic carbocycles. The molecule has 0 aliphatic carbocycles. The number of amides is 1. The van der Waals surface area contributed by atoms with E-state index in [0.717, 1.165) is 16.6 Å². The number of thioether (sulfide) groups is 1. The minimum absolute atomic E-state index is 0.0487. The van der Waals surface area contributed by atoms with Crippen molar-refractivity contribution in [2.75, 3.05) is 11.1 Å². The van der Waals surface area contributed by atoms with Gasteiger partial charge in [-0.15, -0.1) is 21.5 Å². The van der Waals surface area contributed by atoms with E-state index in [1.54, 1.807) is 24.3 Å². The molecule has 0 atom stereocenters. The number of hydrogen-bond acceptors (Lipinski definition) is 7. The van der Waals surface area contributed by atoms with Crippen molar-refractivity contribution in [1.82, 2.24) is 10.2 Å². The first-order valence-corrected chi connectivity index (χ1v) is 8.89. The fourth-order valence-electron chi connectivity index (χ4n) is 1.91. The van der Waals surface area contributed by atoms with Gasteiger partial charge in [0.05, 0.1) is 10.6 Å². The average molecular weight is 359 g/mol. The molecule has 0 saturated carbocycles. The predicted molar refractivity (Wildman–Crippen MR) is 93.4 cm³/mol. The smallest absolute Gasteiger partial charge is 0.277 e. The van der Waals surface area contributed by atoms with Gasteiger partial charge in [-0.3, -0.25) is 9.59 Å². The number of aromatic nitrogens is 2. The summed E-state index contributed by atoms with van der Waals surface area (Å²) in [5, 5.41) is 12.9. The molecule has 0 spiro atoms. The van der Waals surface area contributed by atoms with E-state index in [-0.39, 0.29) is 17.4 Å². The van der Waals surface area contributed by atoms with Crippen molar-refractivity contribution in [1.29, 1.82) is 0 Å². The molecule has 3 aromatic rings. The van der Waals surface area contributed by atoms with Gasteiger partial charge in [-0.2, -0.15) is 0 Å². The summed E-state index contributed by atoms with van der Waals surface area (Å²) in [5.41, 5.74) is 1.14. The molecule has 1 N–H and O–H groups in total. The van der Waals surface area contributed by atoms with Crippen molar-refractivity contribution >= 4 is 40.5 Å². The summed E-state index contributed by atoms with van der Waals surface area (Å²) in [5.74, 6) is 0.321. The Labute approximate surface area is 146 Å². The highest BCUT2D eigenvalue weighted by Gasteiger charge is 2.12. The third-order valence-corrected chi connectivity index (χ3v) is 4.69. The van der Waals surface area contributed by atoms with E-state index in [2.05, 4.69) is 15.5 Å². The summed E-state index contributed by atoms with van der Waals surface area (Å²) < 4.78 is 5.51. The van der Waals surface area contributed by atoms with Crippen molar-refractivity contribution in [2.45, 2.75) is 12.1 Å². The molecule has 0 saturated heterocycles. The topological polar surface area (TPSA) is 85.1 Å². The molecule has 1 amide bonds. The number of nitrogens with zero attached hydrogens (tertiary/aromatic N) is 2. The summed E-state index contributed by atoms with van der Waals surface area (Å²) in [4.78, 5) is 24.2. The molecule has 0 unspecified atom stereocenters. The lowest BCUT2D eigenvalue weighted by Gasteiger charge is -2.05. The van der Waals surface area contributed by atoms with Crippen molar-refractivity contribution in [3.05, 3.63) is 47.3 Å². The minimum Gasteiger partial charge on any atom is -0.410 e. The third-order valence-electron chi connectivity index (χ3n) is 3.02. The molecule has 2 heterocycles. The molecule has 6 nitrogen and oxygen atoms in total. The first kappa shape index (κ1) is 16.4. The lowest BCUT2D eigenvalue weighted by molar-refractivity contribution is -0.113. The highest BCUT2D eigenvalue weighted by atomic mass is 32.2. The zero-order valence-corrected chi connectivity index (χ0v) is 14.3. The Morgan fingerprint density at radius 3 is 2.88 bits per heavy atom. The second-order valence-corrected chi connectivity index (χ2v) is 6.70. The van der Waals surface area contributed by atoms with Crippen LogP contribution in [-0.2, 0) is 4.79 Å². The van der Waals surface area contributed by atoms with Gasteiger partial charge >= 0.3 is 0 Å². The summed E-state index contributed by atoms with van der Waals surface area (Å²) in [6.45, 7) is 1.48. The molecular weight excluding hydrogens is 346 g/mol. The first-order valence-electron chi connectivity index (χ1n) is 7.03. The molecule has 8 heteroatoms. The zero-order valence-electron chi connectivity index (χ0n) is 12.7. The summed E-state index contributed by atoms with van der Waals surface area (Å²) >= 11 is 2.67. The van der Waals surface area contributed by atoms with Crippen LogP contribution in [0.4, 0.5) is 5.69 Å². The number of hydrogen-bond donors (Lipinski definition) is 1. The van der Waals surface area contributed by atoms with Crippen LogP contribution < -0.4 is 5.32 Å².